The van der Waals surface area contributed by atoms with Gasteiger partial charge in [0.1, 0.15) is 21.3 Å². The quantitative estimate of drug-likeness (QED) is 0.291. The molecule has 0 unspecified atom stereocenters. The van der Waals surface area contributed by atoms with E-state index in [9.17, 15) is 23.1 Å². The predicted octanol–water partition coefficient (Wildman–Crippen LogP) is 5.11. The lowest BCUT2D eigenvalue weighted by Gasteiger charge is -2.35. The molecule has 3 aromatic rings. The predicted molar refractivity (Wildman–Crippen MR) is 180 cm³/mol. The SMILES string of the molecule is Cc1noc(C)c1NC(=O)N(C)C[C@@H]1OCCCC[C@H](C)Oc2ccc(NS(=O)(=O)c3cccs3)cc2C(=O)N([C@H](C)CO)C[C@@H]1C. The van der Waals surface area contributed by atoms with E-state index in [1.165, 1.54) is 17.0 Å². The van der Waals surface area contributed by atoms with Crippen LogP contribution in [-0.4, -0.2) is 92.0 Å². The van der Waals surface area contributed by atoms with Crippen molar-refractivity contribution in [2.24, 2.45) is 5.92 Å². The van der Waals surface area contributed by atoms with Crippen LogP contribution >= 0.6 is 11.3 Å². The average molecular weight is 692 g/mol. The Bertz CT molecular complexity index is 1590. The van der Waals surface area contributed by atoms with Gasteiger partial charge in [-0.3, -0.25) is 9.52 Å². The van der Waals surface area contributed by atoms with Gasteiger partial charge in [0, 0.05) is 38.3 Å². The van der Waals surface area contributed by atoms with Crippen molar-refractivity contribution >= 4 is 44.7 Å². The molecular formula is C32H45N5O8S2. The number of thiophene rings is 1. The zero-order valence-electron chi connectivity index (χ0n) is 27.7. The third kappa shape index (κ3) is 9.24. The van der Waals surface area contributed by atoms with Gasteiger partial charge in [0.25, 0.3) is 15.9 Å². The highest BCUT2D eigenvalue weighted by molar-refractivity contribution is 7.94. The number of likely N-dealkylation sites (N-methyl/N-ethyl adjacent to an activating group) is 1. The molecule has 2 aromatic heterocycles. The van der Waals surface area contributed by atoms with Crippen LogP contribution in [0.2, 0.25) is 0 Å². The summed E-state index contributed by atoms with van der Waals surface area (Å²) in [5, 5.41) is 18.6. The molecule has 47 heavy (non-hydrogen) atoms. The molecule has 3 amide bonds. The van der Waals surface area contributed by atoms with Crippen LogP contribution in [0.1, 0.15) is 61.8 Å². The topological polar surface area (TPSA) is 164 Å². The number of rotatable bonds is 8. The van der Waals surface area contributed by atoms with E-state index in [4.69, 9.17) is 14.0 Å². The minimum atomic E-state index is -3.86. The van der Waals surface area contributed by atoms with E-state index >= 15 is 0 Å². The van der Waals surface area contributed by atoms with Crippen molar-refractivity contribution in [1.82, 2.24) is 15.0 Å². The third-order valence-electron chi connectivity index (χ3n) is 8.13. The Labute approximate surface area is 280 Å². The maximum atomic E-state index is 14.3. The summed E-state index contributed by atoms with van der Waals surface area (Å²) in [5.74, 6) is 0.122. The summed E-state index contributed by atoms with van der Waals surface area (Å²) in [4.78, 5) is 30.5. The fraction of sp³-hybridized carbons (Fsp3) is 0.531. The molecule has 0 saturated heterocycles. The largest absolute Gasteiger partial charge is 0.490 e. The van der Waals surface area contributed by atoms with E-state index in [-0.39, 0.29) is 53.2 Å². The number of aromatic nitrogens is 1. The molecule has 0 saturated carbocycles. The Hall–Kier alpha value is -3.66. The summed E-state index contributed by atoms with van der Waals surface area (Å²) in [6.45, 7) is 9.62. The molecule has 3 heterocycles. The number of aliphatic hydroxyl groups excluding tert-OH is 1. The Kier molecular flexibility index (Phi) is 12.3. The molecule has 258 valence electrons. The van der Waals surface area contributed by atoms with Gasteiger partial charge in [0.05, 0.1) is 30.4 Å². The lowest BCUT2D eigenvalue weighted by Crippen LogP contribution is -2.48. The minimum Gasteiger partial charge on any atom is -0.490 e. The maximum absolute atomic E-state index is 14.3. The molecule has 0 spiro atoms. The number of nitrogens with zero attached hydrogens (tertiary/aromatic N) is 3. The summed E-state index contributed by atoms with van der Waals surface area (Å²) in [5.41, 5.74) is 1.46. The Balaban J connectivity index is 1.62. The number of anilines is 2. The van der Waals surface area contributed by atoms with Crippen molar-refractivity contribution < 1.29 is 37.1 Å². The lowest BCUT2D eigenvalue weighted by molar-refractivity contribution is -0.0115. The highest BCUT2D eigenvalue weighted by Crippen LogP contribution is 2.30. The van der Waals surface area contributed by atoms with E-state index in [1.807, 2.05) is 13.8 Å². The van der Waals surface area contributed by atoms with Gasteiger partial charge in [-0.2, -0.15) is 0 Å². The number of amides is 3. The molecule has 0 aliphatic carbocycles. The van der Waals surface area contributed by atoms with Gasteiger partial charge in [-0.1, -0.05) is 18.1 Å². The second-order valence-electron chi connectivity index (χ2n) is 12.1. The van der Waals surface area contributed by atoms with Crippen molar-refractivity contribution in [3.8, 4) is 5.75 Å². The number of carbonyl (C=O) groups is 2. The van der Waals surface area contributed by atoms with Crippen molar-refractivity contribution in [2.45, 2.75) is 76.3 Å². The Morgan fingerprint density at radius 3 is 2.66 bits per heavy atom. The molecular weight excluding hydrogens is 647 g/mol. The first-order valence-corrected chi connectivity index (χ1v) is 18.0. The molecule has 1 aliphatic rings. The number of benzene rings is 1. The van der Waals surface area contributed by atoms with Crippen molar-refractivity contribution in [3.63, 3.8) is 0 Å². The normalized spacial score (nSPS) is 20.4. The number of fused-ring (bicyclic) bond motifs is 1. The zero-order chi connectivity index (χ0) is 34.3. The standard InChI is InChI=1S/C32H45N5O8S2/c1-20-17-37(21(2)19-38)31(39)26-16-25(35-47(41,42)29-11-9-15-46-29)12-13-27(26)44-22(3)10-7-8-14-43-28(20)18-36(6)32(40)33-30-23(4)34-45-24(30)5/h9,11-13,15-16,20-22,28,35,38H,7-8,10,14,17-19H2,1-6H3,(H,33,40)/t20-,21+,22-,28-/m0/s1. The van der Waals surface area contributed by atoms with E-state index in [1.54, 1.807) is 56.3 Å². The molecule has 13 nitrogen and oxygen atoms in total. The molecule has 0 fully saturated rings. The number of ether oxygens (including phenoxy) is 2. The number of hydrogen-bond acceptors (Lipinski definition) is 10. The number of aryl methyl sites for hydroxylation is 2. The highest BCUT2D eigenvalue weighted by atomic mass is 32.2. The van der Waals surface area contributed by atoms with Gasteiger partial charge in [0.2, 0.25) is 0 Å². The Morgan fingerprint density at radius 1 is 1.23 bits per heavy atom. The number of nitrogens with one attached hydrogen (secondary N) is 2. The van der Waals surface area contributed by atoms with Crippen LogP contribution in [0, 0.1) is 19.8 Å². The molecule has 0 bridgehead atoms. The van der Waals surface area contributed by atoms with Crippen LogP contribution in [0.15, 0.2) is 44.4 Å². The van der Waals surface area contributed by atoms with Crippen LogP contribution in [0.5, 0.6) is 5.75 Å². The second kappa shape index (κ2) is 16.0. The molecule has 1 aliphatic heterocycles. The molecule has 0 radical (unpaired) electrons. The van der Waals surface area contributed by atoms with E-state index in [0.717, 1.165) is 24.2 Å². The van der Waals surface area contributed by atoms with Crippen LogP contribution < -0.4 is 14.8 Å². The van der Waals surface area contributed by atoms with Gasteiger partial charge < -0.3 is 34.2 Å². The second-order valence-corrected chi connectivity index (χ2v) is 14.9. The molecule has 3 N–H and O–H groups in total. The summed E-state index contributed by atoms with van der Waals surface area (Å²) in [7, 11) is -2.20. The van der Waals surface area contributed by atoms with Crippen molar-refractivity contribution in [2.75, 3.05) is 43.4 Å². The fourth-order valence-corrected chi connectivity index (χ4v) is 7.33. The molecule has 4 atom stereocenters. The number of hydrogen-bond donors (Lipinski definition) is 3. The molecule has 1 aromatic carbocycles. The fourth-order valence-electron chi connectivity index (χ4n) is 5.29. The molecule has 4 rings (SSSR count). The first-order chi connectivity index (χ1) is 22.3. The van der Waals surface area contributed by atoms with Gasteiger partial charge in [-0.05, 0) is 76.6 Å². The van der Waals surface area contributed by atoms with Gasteiger partial charge >= 0.3 is 6.03 Å². The first-order valence-electron chi connectivity index (χ1n) is 15.7. The van der Waals surface area contributed by atoms with E-state index in [2.05, 4.69) is 15.2 Å². The summed E-state index contributed by atoms with van der Waals surface area (Å²) in [6, 6.07) is 6.86. The minimum absolute atomic E-state index is 0.148. The Morgan fingerprint density at radius 2 is 2.00 bits per heavy atom. The zero-order valence-corrected chi connectivity index (χ0v) is 29.3. The highest BCUT2D eigenvalue weighted by Gasteiger charge is 2.31. The lowest BCUT2D eigenvalue weighted by atomic mass is 10.0. The smallest absolute Gasteiger partial charge is 0.321 e. The number of urea groups is 1. The van der Waals surface area contributed by atoms with Crippen LogP contribution in [0.25, 0.3) is 0 Å². The van der Waals surface area contributed by atoms with E-state index in [0.29, 0.717) is 35.9 Å². The first kappa shape index (κ1) is 36.2. The summed E-state index contributed by atoms with van der Waals surface area (Å²) in [6.07, 6.45) is 1.57. The van der Waals surface area contributed by atoms with Crippen molar-refractivity contribution in [1.29, 1.82) is 0 Å². The van der Waals surface area contributed by atoms with Gasteiger partial charge in [-0.15, -0.1) is 11.3 Å². The summed E-state index contributed by atoms with van der Waals surface area (Å²) >= 11 is 1.09. The number of sulfonamides is 1. The maximum Gasteiger partial charge on any atom is 0.321 e. The van der Waals surface area contributed by atoms with E-state index < -0.39 is 28.1 Å². The van der Waals surface area contributed by atoms with Gasteiger partial charge in [0.15, 0.2) is 5.76 Å². The number of aliphatic hydroxyl groups is 1. The third-order valence-corrected chi connectivity index (χ3v) is 10.9. The number of carbonyl (C=O) groups excluding carboxylic acids is 2. The molecule has 15 heteroatoms. The van der Waals surface area contributed by atoms with Crippen LogP contribution in [-0.2, 0) is 14.8 Å². The van der Waals surface area contributed by atoms with Gasteiger partial charge in [-0.25, -0.2) is 13.2 Å². The van der Waals surface area contributed by atoms with Crippen molar-refractivity contribution in [3.05, 3.63) is 52.7 Å². The average Bonchev–Trinajstić information content (AvgIpc) is 3.69. The van der Waals surface area contributed by atoms with Crippen LogP contribution in [0.3, 0.4) is 0 Å². The monoisotopic (exact) mass is 691 g/mol. The summed E-state index contributed by atoms with van der Waals surface area (Å²) < 4.78 is 46.4. The van der Waals surface area contributed by atoms with Crippen LogP contribution in [0.4, 0.5) is 16.2 Å².